The molecule has 0 saturated carbocycles. The van der Waals surface area contributed by atoms with Gasteiger partial charge in [-0.3, -0.25) is 19.6 Å². The van der Waals surface area contributed by atoms with Gasteiger partial charge >= 0.3 is 0 Å². The summed E-state index contributed by atoms with van der Waals surface area (Å²) in [6.45, 7) is 3.47. The molecule has 1 saturated heterocycles. The molecule has 0 bridgehead atoms. The molecule has 3 N–H and O–H groups in total. The van der Waals surface area contributed by atoms with E-state index in [1.165, 1.54) is 12.1 Å². The van der Waals surface area contributed by atoms with Crippen LogP contribution >= 0.6 is 0 Å². The highest BCUT2D eigenvalue weighted by atomic mass is 19.1. The first-order valence-corrected chi connectivity index (χ1v) is 8.42. The number of rotatable bonds is 6. The quantitative estimate of drug-likeness (QED) is 0.686. The third kappa shape index (κ3) is 4.63. The number of nitrogens with zero attached hydrogens (tertiary/aromatic N) is 3. The predicted octanol–water partition coefficient (Wildman–Crippen LogP) is 0.259. The maximum Gasteiger partial charge on any atom is 0.237 e. The van der Waals surface area contributed by atoms with Gasteiger partial charge < -0.3 is 10.6 Å². The van der Waals surface area contributed by atoms with E-state index < -0.39 is 6.04 Å². The van der Waals surface area contributed by atoms with Gasteiger partial charge in [0.25, 0.3) is 0 Å². The molecule has 0 unspecified atom stereocenters. The number of carbonyl (C=O) groups excluding carboxylic acids is 2. The second-order valence-corrected chi connectivity index (χ2v) is 6.23. The minimum absolute atomic E-state index is 0.0184. The maximum atomic E-state index is 13.4. The van der Waals surface area contributed by atoms with Crippen LogP contribution in [0.2, 0.25) is 0 Å². The van der Waals surface area contributed by atoms with Crippen LogP contribution in [0.25, 0.3) is 0 Å². The molecule has 1 aromatic heterocycles. The Kier molecular flexibility index (Phi) is 5.57. The van der Waals surface area contributed by atoms with E-state index in [-0.39, 0.29) is 30.6 Å². The van der Waals surface area contributed by atoms with Gasteiger partial charge in [-0.1, -0.05) is 12.1 Å². The Hall–Kier alpha value is -2.81. The largest absolute Gasteiger partial charge is 0.353 e. The van der Waals surface area contributed by atoms with Crippen LogP contribution in [0.1, 0.15) is 23.6 Å². The van der Waals surface area contributed by atoms with Gasteiger partial charge in [0.15, 0.2) is 5.82 Å². The molecule has 0 spiro atoms. The zero-order chi connectivity index (χ0) is 18.5. The van der Waals surface area contributed by atoms with E-state index in [2.05, 4.69) is 25.8 Å². The molecule has 2 heterocycles. The lowest BCUT2D eigenvalue weighted by atomic mass is 10.1. The molecule has 2 aromatic rings. The number of halogens is 1. The monoisotopic (exact) mass is 360 g/mol. The number of nitrogens with one attached hydrogen (secondary N) is 3. The van der Waals surface area contributed by atoms with E-state index in [1.807, 2.05) is 4.90 Å². The first kappa shape index (κ1) is 18.0. The molecular weight excluding hydrogens is 339 g/mol. The van der Waals surface area contributed by atoms with Crippen LogP contribution in [0, 0.1) is 12.7 Å². The van der Waals surface area contributed by atoms with Crippen molar-refractivity contribution in [2.75, 3.05) is 13.1 Å². The Balaban J connectivity index is 1.60. The van der Waals surface area contributed by atoms with Gasteiger partial charge in [-0.25, -0.2) is 9.37 Å². The maximum absolute atomic E-state index is 13.4. The molecule has 1 atom stereocenters. The van der Waals surface area contributed by atoms with Crippen molar-refractivity contribution in [2.24, 2.45) is 0 Å². The highest BCUT2D eigenvalue weighted by Crippen LogP contribution is 2.14. The molecular formula is C17H21FN6O2. The number of H-pyrrole nitrogens is 1. The number of benzene rings is 1. The van der Waals surface area contributed by atoms with E-state index >= 15 is 0 Å². The molecule has 1 aliphatic heterocycles. The van der Waals surface area contributed by atoms with E-state index in [1.54, 1.807) is 19.1 Å². The minimum Gasteiger partial charge on any atom is -0.353 e. The van der Waals surface area contributed by atoms with Crippen molar-refractivity contribution in [1.29, 1.82) is 0 Å². The summed E-state index contributed by atoms with van der Waals surface area (Å²) in [6.07, 6.45) is 0.0184. The van der Waals surface area contributed by atoms with Gasteiger partial charge in [-0.15, -0.1) is 0 Å². The Morgan fingerprint density at radius 3 is 3.04 bits per heavy atom. The average molecular weight is 360 g/mol. The molecule has 138 valence electrons. The van der Waals surface area contributed by atoms with Gasteiger partial charge in [-0.05, 0) is 24.6 Å². The molecule has 2 amide bonds. The Labute approximate surface area is 150 Å². The summed E-state index contributed by atoms with van der Waals surface area (Å²) in [4.78, 5) is 30.5. The Morgan fingerprint density at radius 1 is 1.46 bits per heavy atom. The van der Waals surface area contributed by atoms with Crippen molar-refractivity contribution in [2.45, 2.75) is 32.5 Å². The lowest BCUT2D eigenvalue weighted by Crippen LogP contribution is -2.56. The fourth-order valence-corrected chi connectivity index (χ4v) is 2.94. The summed E-state index contributed by atoms with van der Waals surface area (Å²) in [6, 6.07) is 5.66. The van der Waals surface area contributed by atoms with Crippen molar-refractivity contribution in [1.82, 2.24) is 30.7 Å². The van der Waals surface area contributed by atoms with Crippen molar-refractivity contribution in [3.8, 4) is 0 Å². The van der Waals surface area contributed by atoms with E-state index in [0.717, 1.165) is 5.56 Å². The van der Waals surface area contributed by atoms with E-state index in [4.69, 9.17) is 0 Å². The number of aromatic nitrogens is 3. The standard InChI is InChI=1S/C17H21FN6O2/c1-11-21-15(23-22-11)9-20-16(25)8-14-17(26)19-5-6-24(14)10-12-3-2-4-13(18)7-12/h2-4,7,14H,5-6,8-10H2,1H3,(H,19,26)(H,20,25)(H,21,22,23)/t14-/m0/s1. The smallest absolute Gasteiger partial charge is 0.237 e. The van der Waals surface area contributed by atoms with E-state index in [0.29, 0.717) is 31.3 Å². The summed E-state index contributed by atoms with van der Waals surface area (Å²) in [5.41, 5.74) is 0.765. The first-order chi connectivity index (χ1) is 12.5. The van der Waals surface area contributed by atoms with Gasteiger partial charge in [0, 0.05) is 19.6 Å². The van der Waals surface area contributed by atoms with Crippen LogP contribution in [-0.2, 0) is 22.7 Å². The molecule has 0 aliphatic carbocycles. The third-order valence-corrected chi connectivity index (χ3v) is 4.18. The van der Waals surface area contributed by atoms with Gasteiger partial charge in [0.05, 0.1) is 19.0 Å². The highest BCUT2D eigenvalue weighted by molar-refractivity contribution is 5.88. The highest BCUT2D eigenvalue weighted by Gasteiger charge is 2.31. The summed E-state index contributed by atoms with van der Waals surface area (Å²) in [7, 11) is 0. The zero-order valence-corrected chi connectivity index (χ0v) is 14.5. The minimum atomic E-state index is -0.596. The molecule has 1 fully saturated rings. The predicted molar refractivity (Wildman–Crippen MR) is 91.2 cm³/mol. The summed E-state index contributed by atoms with van der Waals surface area (Å²) < 4.78 is 13.4. The van der Waals surface area contributed by atoms with Crippen LogP contribution in [0.15, 0.2) is 24.3 Å². The number of carbonyl (C=O) groups is 2. The Bertz CT molecular complexity index is 793. The van der Waals surface area contributed by atoms with Gasteiger partial charge in [0.1, 0.15) is 11.6 Å². The lowest BCUT2D eigenvalue weighted by molar-refractivity contribution is -0.134. The fraction of sp³-hybridized carbons (Fsp3) is 0.412. The number of aryl methyl sites for hydroxylation is 1. The number of piperazine rings is 1. The third-order valence-electron chi connectivity index (χ3n) is 4.18. The van der Waals surface area contributed by atoms with Crippen molar-refractivity contribution in [3.05, 3.63) is 47.3 Å². The van der Waals surface area contributed by atoms with Crippen LogP contribution in [0.4, 0.5) is 4.39 Å². The zero-order valence-electron chi connectivity index (χ0n) is 14.5. The van der Waals surface area contributed by atoms with Crippen LogP contribution in [0.3, 0.4) is 0 Å². The summed E-state index contributed by atoms with van der Waals surface area (Å²) in [5, 5.41) is 12.2. The Morgan fingerprint density at radius 2 is 2.31 bits per heavy atom. The number of amides is 2. The normalized spacial score (nSPS) is 17.8. The number of hydrogen-bond donors (Lipinski definition) is 3. The van der Waals surface area contributed by atoms with Crippen molar-refractivity contribution in [3.63, 3.8) is 0 Å². The van der Waals surface area contributed by atoms with Crippen molar-refractivity contribution < 1.29 is 14.0 Å². The summed E-state index contributed by atoms with van der Waals surface area (Å²) >= 11 is 0. The molecule has 26 heavy (non-hydrogen) atoms. The van der Waals surface area contributed by atoms with Crippen LogP contribution in [0.5, 0.6) is 0 Å². The lowest BCUT2D eigenvalue weighted by Gasteiger charge is -2.34. The van der Waals surface area contributed by atoms with Crippen LogP contribution < -0.4 is 10.6 Å². The van der Waals surface area contributed by atoms with Gasteiger partial charge in [0.2, 0.25) is 11.8 Å². The fourth-order valence-electron chi connectivity index (χ4n) is 2.94. The van der Waals surface area contributed by atoms with Crippen LogP contribution in [-0.4, -0.2) is 51.0 Å². The molecule has 0 radical (unpaired) electrons. The average Bonchev–Trinajstić information content (AvgIpc) is 3.02. The molecule has 8 nitrogen and oxygen atoms in total. The SMILES string of the molecule is Cc1nc(CNC(=O)C[C@H]2C(=O)NCCN2Cc2cccc(F)c2)n[nH]1. The molecule has 3 rings (SSSR count). The topological polar surface area (TPSA) is 103 Å². The first-order valence-electron chi connectivity index (χ1n) is 8.42. The second kappa shape index (κ2) is 8.05. The number of aromatic amines is 1. The summed E-state index contributed by atoms with van der Waals surface area (Å²) in [5.74, 6) is 0.373. The molecule has 1 aliphatic rings. The number of hydrogen-bond acceptors (Lipinski definition) is 5. The van der Waals surface area contributed by atoms with Crippen molar-refractivity contribution >= 4 is 11.8 Å². The van der Waals surface area contributed by atoms with E-state index in [9.17, 15) is 14.0 Å². The molecule has 9 heteroatoms. The second-order valence-electron chi connectivity index (χ2n) is 6.23. The van der Waals surface area contributed by atoms with Gasteiger partial charge in [-0.2, -0.15) is 5.10 Å². The molecule has 1 aromatic carbocycles.